The zero-order chi connectivity index (χ0) is 21.7. The molecule has 30 heavy (non-hydrogen) atoms. The average Bonchev–Trinajstić information content (AvgIpc) is 3.01. The average molecular weight is 410 g/mol. The molecule has 0 bridgehead atoms. The largest absolute Gasteiger partial charge is 0.465 e. The summed E-state index contributed by atoms with van der Waals surface area (Å²) >= 11 is 0. The number of esters is 2. The molecule has 1 unspecified atom stereocenters. The Morgan fingerprint density at radius 3 is 2.43 bits per heavy atom. The Morgan fingerprint density at radius 2 is 1.73 bits per heavy atom. The first-order valence-corrected chi connectivity index (χ1v) is 9.94. The molecule has 2 heterocycles. The van der Waals surface area contributed by atoms with Crippen LogP contribution >= 0.6 is 0 Å². The highest BCUT2D eigenvalue weighted by atomic mass is 16.5. The summed E-state index contributed by atoms with van der Waals surface area (Å²) < 4.78 is 9.80. The van der Waals surface area contributed by atoms with Crippen molar-refractivity contribution in [2.24, 2.45) is 0 Å². The number of ether oxygens (including phenoxy) is 2. The van der Waals surface area contributed by atoms with Gasteiger partial charge in [-0.05, 0) is 50.5 Å². The Bertz CT molecular complexity index is 931. The van der Waals surface area contributed by atoms with Crippen LogP contribution in [0.15, 0.2) is 60.0 Å². The molecular weight excluding hydrogens is 384 g/mol. The minimum atomic E-state index is -0.708. The maximum absolute atomic E-state index is 13.4. The third kappa shape index (κ3) is 4.15. The normalized spacial score (nSPS) is 18.8. The zero-order valence-electron chi connectivity index (χ0n) is 17.5. The summed E-state index contributed by atoms with van der Waals surface area (Å²) in [4.78, 5) is 41.8. The minimum Gasteiger partial charge on any atom is -0.465 e. The van der Waals surface area contributed by atoms with Crippen molar-refractivity contribution in [2.75, 3.05) is 25.7 Å². The van der Waals surface area contributed by atoms with Gasteiger partial charge in [-0.1, -0.05) is 18.2 Å². The molecule has 1 fully saturated rings. The first-order valence-electron chi connectivity index (χ1n) is 9.94. The van der Waals surface area contributed by atoms with E-state index in [0.717, 1.165) is 19.3 Å². The van der Waals surface area contributed by atoms with E-state index >= 15 is 0 Å². The van der Waals surface area contributed by atoms with Crippen LogP contribution in [0.25, 0.3) is 0 Å². The van der Waals surface area contributed by atoms with Gasteiger partial charge in [-0.3, -0.25) is 4.79 Å². The Hall–Kier alpha value is -3.35. The molecule has 1 atom stereocenters. The van der Waals surface area contributed by atoms with Gasteiger partial charge in [0, 0.05) is 18.8 Å². The number of likely N-dealkylation sites (tertiary alicyclic amines) is 1. The molecule has 3 rings (SSSR count). The molecule has 1 amide bonds. The van der Waals surface area contributed by atoms with Crippen molar-refractivity contribution >= 4 is 23.5 Å². The topological polar surface area (TPSA) is 76.2 Å². The maximum atomic E-state index is 13.4. The van der Waals surface area contributed by atoms with Crippen molar-refractivity contribution in [2.45, 2.75) is 32.2 Å². The van der Waals surface area contributed by atoms with Gasteiger partial charge in [0.15, 0.2) is 0 Å². The van der Waals surface area contributed by atoms with Gasteiger partial charge in [0.2, 0.25) is 0 Å². The molecule has 0 saturated carbocycles. The molecular formula is C23H26N2O5. The maximum Gasteiger partial charge on any atom is 0.355 e. The van der Waals surface area contributed by atoms with Crippen LogP contribution in [0.4, 0.5) is 5.69 Å². The molecule has 7 nitrogen and oxygen atoms in total. The van der Waals surface area contributed by atoms with Gasteiger partial charge < -0.3 is 19.3 Å². The molecule has 1 aromatic carbocycles. The first-order chi connectivity index (χ1) is 14.5. The summed E-state index contributed by atoms with van der Waals surface area (Å²) in [5.74, 6) is -1.48. The van der Waals surface area contributed by atoms with Crippen molar-refractivity contribution in [3.05, 3.63) is 65.5 Å². The number of nitrogens with zero attached hydrogens (tertiary/aromatic N) is 2. The Balaban J connectivity index is 2.13. The SMILES string of the molecule is COC(=O)C1=C(C(=O)OC)N(c2ccccc2C(=O)N2CCCCC2C)C=CC=C1. The Morgan fingerprint density at radius 1 is 1.00 bits per heavy atom. The van der Waals surface area contributed by atoms with Crippen LogP contribution in [0.1, 0.15) is 36.5 Å². The van der Waals surface area contributed by atoms with Gasteiger partial charge in [0.05, 0.1) is 31.0 Å². The number of para-hydroxylation sites is 1. The second-order valence-electron chi connectivity index (χ2n) is 7.18. The summed E-state index contributed by atoms with van der Waals surface area (Å²) in [7, 11) is 2.49. The lowest BCUT2D eigenvalue weighted by atomic mass is 10.0. The molecule has 2 aliphatic heterocycles. The number of amides is 1. The number of carbonyl (C=O) groups is 3. The van der Waals surface area contributed by atoms with Crippen molar-refractivity contribution in [3.63, 3.8) is 0 Å². The molecule has 0 aromatic heterocycles. The summed E-state index contributed by atoms with van der Waals surface area (Å²) in [5, 5.41) is 0. The fourth-order valence-electron chi connectivity index (χ4n) is 3.77. The smallest absolute Gasteiger partial charge is 0.355 e. The van der Waals surface area contributed by atoms with E-state index in [-0.39, 0.29) is 23.2 Å². The van der Waals surface area contributed by atoms with Gasteiger partial charge in [-0.15, -0.1) is 0 Å². The monoisotopic (exact) mass is 410 g/mol. The molecule has 0 aliphatic carbocycles. The van der Waals surface area contributed by atoms with Gasteiger partial charge in [0.1, 0.15) is 5.70 Å². The summed E-state index contributed by atoms with van der Waals surface area (Å²) in [6.45, 7) is 2.74. The van der Waals surface area contributed by atoms with Crippen molar-refractivity contribution in [3.8, 4) is 0 Å². The summed E-state index contributed by atoms with van der Waals surface area (Å²) in [6.07, 6.45) is 9.46. The predicted molar refractivity (Wildman–Crippen MR) is 113 cm³/mol. The van der Waals surface area contributed by atoms with Gasteiger partial charge >= 0.3 is 11.9 Å². The number of piperidine rings is 1. The lowest BCUT2D eigenvalue weighted by Gasteiger charge is -2.34. The number of carbonyl (C=O) groups excluding carboxylic acids is 3. The van der Waals surface area contributed by atoms with E-state index in [2.05, 4.69) is 0 Å². The van der Waals surface area contributed by atoms with Gasteiger partial charge in [0.25, 0.3) is 5.91 Å². The predicted octanol–water partition coefficient (Wildman–Crippen LogP) is 3.19. The van der Waals surface area contributed by atoms with E-state index in [4.69, 9.17) is 9.47 Å². The van der Waals surface area contributed by atoms with Crippen LogP contribution in [0.3, 0.4) is 0 Å². The van der Waals surface area contributed by atoms with Gasteiger partial charge in [-0.2, -0.15) is 0 Å². The van der Waals surface area contributed by atoms with Crippen LogP contribution in [0, 0.1) is 0 Å². The fraction of sp³-hybridized carbons (Fsp3) is 0.348. The van der Waals surface area contributed by atoms with Crippen LogP contribution in [-0.2, 0) is 19.1 Å². The molecule has 1 saturated heterocycles. The van der Waals surface area contributed by atoms with E-state index in [1.807, 2.05) is 11.8 Å². The first kappa shape index (κ1) is 21.4. The third-order valence-corrected chi connectivity index (χ3v) is 5.35. The highest BCUT2D eigenvalue weighted by Gasteiger charge is 2.31. The van der Waals surface area contributed by atoms with E-state index in [0.29, 0.717) is 17.8 Å². The summed E-state index contributed by atoms with van der Waals surface area (Å²) in [5.41, 5.74) is 0.967. The van der Waals surface area contributed by atoms with E-state index in [1.54, 1.807) is 42.6 Å². The standard InChI is InChI=1S/C23H26N2O5/c1-16-10-6-8-14-24(16)21(26)17-11-4-5-13-19(17)25-15-9-7-12-18(22(27)29-2)20(25)23(28)30-3/h4-5,7,9,11-13,15-16H,6,8,10,14H2,1-3H3. The number of methoxy groups -OCH3 is 2. The molecule has 7 heteroatoms. The zero-order valence-corrected chi connectivity index (χ0v) is 17.5. The quantitative estimate of drug-likeness (QED) is 0.710. The number of hydrogen-bond donors (Lipinski definition) is 0. The fourth-order valence-corrected chi connectivity index (χ4v) is 3.77. The van der Waals surface area contributed by atoms with E-state index in [9.17, 15) is 14.4 Å². The third-order valence-electron chi connectivity index (χ3n) is 5.35. The second-order valence-corrected chi connectivity index (χ2v) is 7.18. The molecule has 0 radical (unpaired) electrons. The summed E-state index contributed by atoms with van der Waals surface area (Å²) in [6, 6.07) is 7.19. The molecule has 2 aliphatic rings. The second kappa shape index (κ2) is 9.43. The number of benzene rings is 1. The van der Waals surface area contributed by atoms with Crippen LogP contribution in [0.5, 0.6) is 0 Å². The molecule has 1 aromatic rings. The van der Waals surface area contributed by atoms with E-state index < -0.39 is 11.9 Å². The number of allylic oxidation sites excluding steroid dienone is 2. The number of rotatable bonds is 4. The lowest BCUT2D eigenvalue weighted by Crippen LogP contribution is -2.42. The highest BCUT2D eigenvalue weighted by Crippen LogP contribution is 2.31. The minimum absolute atomic E-state index is 0.0127. The highest BCUT2D eigenvalue weighted by molar-refractivity contribution is 6.07. The van der Waals surface area contributed by atoms with E-state index in [1.165, 1.54) is 25.2 Å². The van der Waals surface area contributed by atoms with Crippen molar-refractivity contribution < 1.29 is 23.9 Å². The molecule has 0 N–H and O–H groups in total. The van der Waals surface area contributed by atoms with Crippen LogP contribution in [-0.4, -0.2) is 49.6 Å². The number of hydrogen-bond acceptors (Lipinski definition) is 6. The lowest BCUT2D eigenvalue weighted by molar-refractivity contribution is -0.139. The molecule has 0 spiro atoms. The van der Waals surface area contributed by atoms with Crippen molar-refractivity contribution in [1.29, 1.82) is 0 Å². The number of anilines is 1. The Kier molecular flexibility index (Phi) is 6.72. The Labute approximate surface area is 176 Å². The molecule has 158 valence electrons. The van der Waals surface area contributed by atoms with Crippen LogP contribution < -0.4 is 4.90 Å². The van der Waals surface area contributed by atoms with Crippen molar-refractivity contribution in [1.82, 2.24) is 4.90 Å². The van der Waals surface area contributed by atoms with Crippen LogP contribution in [0.2, 0.25) is 0 Å². The van der Waals surface area contributed by atoms with Gasteiger partial charge in [-0.25, -0.2) is 9.59 Å².